The van der Waals surface area contributed by atoms with E-state index in [9.17, 15) is 0 Å². The summed E-state index contributed by atoms with van der Waals surface area (Å²) in [7, 11) is 1.91. The lowest BCUT2D eigenvalue weighted by molar-refractivity contribution is 0.744. The second-order valence-corrected chi connectivity index (χ2v) is 3.83. The number of aromatic nitrogens is 3. The van der Waals surface area contributed by atoms with E-state index in [0.717, 1.165) is 23.6 Å². The van der Waals surface area contributed by atoms with E-state index in [1.807, 2.05) is 23.9 Å². The van der Waals surface area contributed by atoms with E-state index >= 15 is 0 Å². The minimum Gasteiger partial charge on any atom is -0.330 e. The lowest BCUT2D eigenvalue weighted by Crippen LogP contribution is -2.04. The fourth-order valence-corrected chi connectivity index (χ4v) is 1.73. The monoisotopic (exact) mass is 216 g/mol. The molecule has 4 heteroatoms. The highest BCUT2D eigenvalue weighted by Gasteiger charge is 2.10. The van der Waals surface area contributed by atoms with Gasteiger partial charge in [0.05, 0.1) is 0 Å². The Morgan fingerprint density at radius 2 is 2.06 bits per heavy atom. The van der Waals surface area contributed by atoms with Crippen LogP contribution in [-0.2, 0) is 13.5 Å². The summed E-state index contributed by atoms with van der Waals surface area (Å²) in [4.78, 5) is 4.50. The Morgan fingerprint density at radius 3 is 2.75 bits per heavy atom. The minimum absolute atomic E-state index is 0.581. The minimum atomic E-state index is 0.581. The highest BCUT2D eigenvalue weighted by Crippen LogP contribution is 2.20. The molecule has 1 aromatic heterocycles. The molecule has 2 aromatic rings. The second-order valence-electron chi connectivity index (χ2n) is 3.83. The van der Waals surface area contributed by atoms with Gasteiger partial charge in [0.25, 0.3) is 0 Å². The van der Waals surface area contributed by atoms with Gasteiger partial charge in [0, 0.05) is 19.0 Å². The quantitative estimate of drug-likeness (QED) is 0.841. The van der Waals surface area contributed by atoms with E-state index in [1.54, 1.807) is 0 Å². The normalized spacial score (nSPS) is 10.7. The molecule has 0 radical (unpaired) electrons. The van der Waals surface area contributed by atoms with E-state index in [4.69, 9.17) is 5.73 Å². The van der Waals surface area contributed by atoms with Crippen LogP contribution >= 0.6 is 0 Å². The number of hydrogen-bond donors (Lipinski definition) is 1. The van der Waals surface area contributed by atoms with Crippen LogP contribution in [0.25, 0.3) is 11.4 Å². The molecule has 0 aliphatic rings. The first-order valence-electron chi connectivity index (χ1n) is 5.38. The molecule has 1 heterocycles. The Bertz CT molecular complexity index is 488. The molecule has 0 spiro atoms. The van der Waals surface area contributed by atoms with Crippen LogP contribution in [0.1, 0.15) is 11.4 Å². The maximum atomic E-state index is 5.50. The average Bonchev–Trinajstić information content (AvgIpc) is 2.61. The Morgan fingerprint density at radius 1 is 1.31 bits per heavy atom. The summed E-state index contributed by atoms with van der Waals surface area (Å²) in [6, 6.07) is 8.17. The fourth-order valence-electron chi connectivity index (χ4n) is 1.73. The zero-order valence-electron chi connectivity index (χ0n) is 9.64. The van der Waals surface area contributed by atoms with Crippen molar-refractivity contribution in [2.45, 2.75) is 13.3 Å². The summed E-state index contributed by atoms with van der Waals surface area (Å²) in [5, 5.41) is 4.34. The third-order valence-corrected chi connectivity index (χ3v) is 2.56. The zero-order chi connectivity index (χ0) is 11.5. The zero-order valence-corrected chi connectivity index (χ0v) is 9.64. The molecular weight excluding hydrogens is 200 g/mol. The first-order valence-corrected chi connectivity index (χ1v) is 5.38. The molecule has 84 valence electrons. The SMILES string of the molecule is Cc1ccccc1-c1nc(CCN)nn1C. The van der Waals surface area contributed by atoms with Gasteiger partial charge in [-0.3, -0.25) is 0 Å². The van der Waals surface area contributed by atoms with Gasteiger partial charge >= 0.3 is 0 Å². The second kappa shape index (κ2) is 4.45. The van der Waals surface area contributed by atoms with Gasteiger partial charge in [-0.05, 0) is 19.0 Å². The van der Waals surface area contributed by atoms with Crippen molar-refractivity contribution in [2.24, 2.45) is 12.8 Å². The number of hydrogen-bond acceptors (Lipinski definition) is 3. The molecule has 4 nitrogen and oxygen atoms in total. The molecule has 2 N–H and O–H groups in total. The predicted molar refractivity (Wildman–Crippen MR) is 63.9 cm³/mol. The fraction of sp³-hybridized carbons (Fsp3) is 0.333. The summed E-state index contributed by atoms with van der Waals surface area (Å²) in [6.45, 7) is 2.66. The molecule has 0 saturated heterocycles. The van der Waals surface area contributed by atoms with Crippen LogP contribution in [0.2, 0.25) is 0 Å². The number of benzene rings is 1. The van der Waals surface area contributed by atoms with Gasteiger partial charge in [-0.2, -0.15) is 5.10 Å². The molecule has 16 heavy (non-hydrogen) atoms. The number of nitrogens with two attached hydrogens (primary N) is 1. The lowest BCUT2D eigenvalue weighted by Gasteiger charge is -2.03. The third-order valence-electron chi connectivity index (χ3n) is 2.56. The maximum absolute atomic E-state index is 5.50. The third kappa shape index (κ3) is 1.97. The highest BCUT2D eigenvalue weighted by molar-refractivity contribution is 5.59. The maximum Gasteiger partial charge on any atom is 0.158 e. The summed E-state index contributed by atoms with van der Waals surface area (Å²) >= 11 is 0. The summed E-state index contributed by atoms with van der Waals surface area (Å²) in [6.07, 6.45) is 0.722. The molecule has 0 amide bonds. The van der Waals surface area contributed by atoms with Crippen molar-refractivity contribution in [3.8, 4) is 11.4 Å². The largest absolute Gasteiger partial charge is 0.330 e. The molecule has 1 aromatic carbocycles. The topological polar surface area (TPSA) is 56.7 Å². The van der Waals surface area contributed by atoms with Gasteiger partial charge in [0.2, 0.25) is 0 Å². The predicted octanol–water partition coefficient (Wildman–Crippen LogP) is 1.29. The molecule has 0 saturated carbocycles. The number of nitrogens with zero attached hydrogens (tertiary/aromatic N) is 3. The number of rotatable bonds is 3. The van der Waals surface area contributed by atoms with Crippen LogP contribution in [0.3, 0.4) is 0 Å². The van der Waals surface area contributed by atoms with Crippen molar-refractivity contribution in [1.82, 2.24) is 14.8 Å². The molecular formula is C12H16N4. The molecule has 0 unspecified atom stereocenters. The van der Waals surface area contributed by atoms with Crippen molar-refractivity contribution in [1.29, 1.82) is 0 Å². The molecule has 2 rings (SSSR count). The standard InChI is InChI=1S/C12H16N4/c1-9-5-3-4-6-10(9)12-14-11(7-8-13)15-16(12)2/h3-6H,7-8,13H2,1-2H3. The van der Waals surface area contributed by atoms with E-state index in [2.05, 4.69) is 29.1 Å². The smallest absolute Gasteiger partial charge is 0.158 e. The summed E-state index contributed by atoms with van der Waals surface area (Å²) in [5.41, 5.74) is 7.83. The van der Waals surface area contributed by atoms with E-state index in [-0.39, 0.29) is 0 Å². The van der Waals surface area contributed by atoms with Gasteiger partial charge < -0.3 is 5.73 Å². The van der Waals surface area contributed by atoms with E-state index < -0.39 is 0 Å². The van der Waals surface area contributed by atoms with Crippen LogP contribution < -0.4 is 5.73 Å². The molecule has 0 aliphatic carbocycles. The van der Waals surface area contributed by atoms with Crippen LogP contribution in [0.4, 0.5) is 0 Å². The van der Waals surface area contributed by atoms with E-state index in [1.165, 1.54) is 5.56 Å². The van der Waals surface area contributed by atoms with Gasteiger partial charge in [-0.1, -0.05) is 24.3 Å². The van der Waals surface area contributed by atoms with Crippen molar-refractivity contribution in [3.63, 3.8) is 0 Å². The Kier molecular flexibility index (Phi) is 3.01. The van der Waals surface area contributed by atoms with Gasteiger partial charge in [0.1, 0.15) is 0 Å². The first-order chi connectivity index (χ1) is 7.72. The highest BCUT2D eigenvalue weighted by atomic mass is 15.3. The Hall–Kier alpha value is -1.68. The molecule has 0 atom stereocenters. The van der Waals surface area contributed by atoms with Crippen molar-refractivity contribution < 1.29 is 0 Å². The van der Waals surface area contributed by atoms with Gasteiger partial charge in [-0.15, -0.1) is 0 Å². The Balaban J connectivity index is 2.44. The molecule has 0 aliphatic heterocycles. The van der Waals surface area contributed by atoms with Crippen LogP contribution in [0.15, 0.2) is 24.3 Å². The lowest BCUT2D eigenvalue weighted by atomic mass is 10.1. The Labute approximate surface area is 95.1 Å². The number of aryl methyl sites for hydroxylation is 2. The van der Waals surface area contributed by atoms with Crippen LogP contribution in [0.5, 0.6) is 0 Å². The van der Waals surface area contributed by atoms with E-state index in [0.29, 0.717) is 6.54 Å². The van der Waals surface area contributed by atoms with Gasteiger partial charge in [0.15, 0.2) is 11.6 Å². The van der Waals surface area contributed by atoms with Crippen molar-refractivity contribution in [2.75, 3.05) is 6.54 Å². The summed E-state index contributed by atoms with van der Waals surface area (Å²) in [5.74, 6) is 1.71. The van der Waals surface area contributed by atoms with Crippen molar-refractivity contribution in [3.05, 3.63) is 35.7 Å². The first kappa shape index (κ1) is 10.8. The molecule has 0 bridgehead atoms. The molecule has 0 fully saturated rings. The van der Waals surface area contributed by atoms with Crippen LogP contribution in [-0.4, -0.2) is 21.3 Å². The van der Waals surface area contributed by atoms with Gasteiger partial charge in [-0.25, -0.2) is 9.67 Å². The van der Waals surface area contributed by atoms with Crippen LogP contribution in [0, 0.1) is 6.92 Å². The summed E-state index contributed by atoms with van der Waals surface area (Å²) < 4.78 is 1.81. The average molecular weight is 216 g/mol. The van der Waals surface area contributed by atoms with Crippen molar-refractivity contribution >= 4 is 0 Å².